The monoisotopic (exact) mass is 2020 g/mol. The summed E-state index contributed by atoms with van der Waals surface area (Å²) < 4.78 is 33.0. The van der Waals surface area contributed by atoms with Gasteiger partial charge < -0.3 is 59.4 Å². The van der Waals surface area contributed by atoms with E-state index >= 15 is 0 Å². The van der Waals surface area contributed by atoms with Crippen molar-refractivity contribution in [1.29, 1.82) is 0 Å². The van der Waals surface area contributed by atoms with E-state index in [0.29, 0.717) is 51.1 Å². The Hall–Kier alpha value is -12.2. The van der Waals surface area contributed by atoms with Crippen LogP contribution in [0.2, 0.25) is 10.3 Å². The van der Waals surface area contributed by atoms with Gasteiger partial charge in [-0.2, -0.15) is 10.2 Å². The molecule has 690 valence electrons. The smallest absolute Gasteiger partial charge is 0.183 e. The summed E-state index contributed by atoms with van der Waals surface area (Å²) in [5.74, 6) is 6.93. The molecule has 4 saturated heterocycles. The van der Waals surface area contributed by atoms with Crippen LogP contribution in [0.4, 0.5) is 75.1 Å². The van der Waals surface area contributed by atoms with Gasteiger partial charge in [-0.1, -0.05) is 29.3 Å². The molecule has 0 aliphatic carbocycles. The zero-order valence-electron chi connectivity index (χ0n) is 74.4. The molecule has 24 rings (SSSR count). The Labute approximate surface area is 803 Å². The van der Waals surface area contributed by atoms with Crippen molar-refractivity contribution in [2.45, 2.75) is 160 Å². The van der Waals surface area contributed by atoms with Crippen LogP contribution < -0.4 is 40.4 Å². The predicted molar refractivity (Wildman–Crippen MR) is 524 cm³/mol. The van der Waals surface area contributed by atoms with E-state index < -0.39 is 0 Å². The van der Waals surface area contributed by atoms with Gasteiger partial charge in [-0.25, -0.2) is 78.5 Å². The van der Waals surface area contributed by atoms with Gasteiger partial charge >= 0.3 is 0 Å². The number of H-pyrrole nitrogens is 1. The second-order valence-electron chi connectivity index (χ2n) is 33.5. The summed E-state index contributed by atoms with van der Waals surface area (Å²) in [7, 11) is 5.72. The third-order valence-electron chi connectivity index (χ3n) is 24.8. The van der Waals surface area contributed by atoms with Crippen molar-refractivity contribution in [3.63, 3.8) is 0 Å². The fourth-order valence-electron chi connectivity index (χ4n) is 18.3. The molecule has 4 fully saturated rings. The number of fused-ring (bicyclic) bond motifs is 9. The second-order valence-corrected chi connectivity index (χ2v) is 36.1. The SMILES string of the molecule is CN(c1cnc2c(N3CCCc4ncccc43)n[nH]c2n1)c1ncccc1CCN.CN(c1cnc2c(N3CCCc4ncccc43)nn(C3CCCCO3)c2n1)c1ncccc1Br.CNc1cnc2c(N3CCCc4ncccc43)nn(C3CCCCO3)c2n1.Clc1cnc2c(I)nn(C3CCCCO3)c2n1.Clc1cnc2c(N3CCCc4ncccc43)nn(C3CCCCO3)c2n1. The van der Waals surface area contributed by atoms with Gasteiger partial charge in [-0.15, -0.1) is 15.3 Å². The molecule has 42 heteroatoms. The average molecular weight is 2020 g/mol. The zero-order valence-corrected chi connectivity index (χ0v) is 79.6. The first kappa shape index (κ1) is 89.7. The lowest BCUT2D eigenvalue weighted by atomic mass is 10.1. The quantitative estimate of drug-likeness (QED) is 0.0802. The number of aryl methyl sites for hydroxylation is 4. The highest BCUT2D eigenvalue weighted by atomic mass is 127. The molecule has 16 aromatic rings. The van der Waals surface area contributed by atoms with Crippen molar-refractivity contribution >= 4 is 193 Å². The molecule has 0 spiro atoms. The molecule has 0 saturated carbocycles. The van der Waals surface area contributed by atoms with Crippen LogP contribution in [0, 0.1) is 3.70 Å². The molecule has 0 amide bonds. The third-order valence-corrected chi connectivity index (χ3v) is 26.5. The summed E-state index contributed by atoms with van der Waals surface area (Å²) in [5.41, 5.74) is 22.9. The number of nitrogens with zero attached hydrogens (tertiary/aromatic N) is 31. The van der Waals surface area contributed by atoms with Crippen LogP contribution >= 0.6 is 61.7 Å². The minimum absolute atomic E-state index is 0.0393. The molecule has 8 aliphatic heterocycles. The summed E-state index contributed by atoms with van der Waals surface area (Å²) in [6, 6.07) is 24.1. The second kappa shape index (κ2) is 41.0. The topological polar surface area (TPSA) is 401 Å². The average Bonchev–Trinajstić information content (AvgIpc) is 1.60. The molecule has 24 heterocycles. The van der Waals surface area contributed by atoms with Crippen molar-refractivity contribution in [3.8, 4) is 0 Å². The molecule has 4 atom stereocenters. The van der Waals surface area contributed by atoms with Crippen LogP contribution in [0.15, 0.2) is 145 Å². The van der Waals surface area contributed by atoms with E-state index in [1.165, 1.54) is 0 Å². The van der Waals surface area contributed by atoms with E-state index in [4.69, 9.17) is 88.1 Å². The number of aromatic nitrogens is 26. The van der Waals surface area contributed by atoms with Crippen LogP contribution in [0.5, 0.6) is 0 Å². The molecule has 4 N–H and O–H groups in total. The molecule has 4 unspecified atom stereocenters. The summed E-state index contributed by atoms with van der Waals surface area (Å²) in [4.78, 5) is 86.2. The van der Waals surface area contributed by atoms with Crippen LogP contribution in [-0.4, -0.2) is 209 Å². The van der Waals surface area contributed by atoms with Gasteiger partial charge in [0, 0.05) is 111 Å². The number of hydrogen-bond acceptors (Lipinski definition) is 33. The highest BCUT2D eigenvalue weighted by Gasteiger charge is 2.35. The summed E-state index contributed by atoms with van der Waals surface area (Å²) >= 11 is 17.8. The Balaban J connectivity index is 0.000000105. The van der Waals surface area contributed by atoms with Crippen molar-refractivity contribution < 1.29 is 18.9 Å². The van der Waals surface area contributed by atoms with Crippen molar-refractivity contribution in [2.24, 2.45) is 5.73 Å². The molecular formula is C92H100BrCl2IN34O4. The van der Waals surface area contributed by atoms with Crippen LogP contribution in [-0.2, 0) is 51.1 Å². The van der Waals surface area contributed by atoms with Gasteiger partial charge in [0.05, 0.1) is 81.0 Å². The Bertz CT molecular complexity index is 6840. The molecule has 8 aliphatic rings. The number of nitrogens with two attached hydrogens (primary N) is 1. The molecule has 38 nitrogen and oxygen atoms in total. The lowest BCUT2D eigenvalue weighted by Gasteiger charge is -2.28. The first-order valence-corrected chi connectivity index (χ1v) is 48.4. The normalized spacial score (nSPS) is 18.2. The summed E-state index contributed by atoms with van der Waals surface area (Å²) in [6.07, 6.45) is 40.3. The molecule has 0 radical (unpaired) electrons. The summed E-state index contributed by atoms with van der Waals surface area (Å²) in [5, 5.41) is 30.7. The van der Waals surface area contributed by atoms with E-state index in [1.807, 2.05) is 118 Å². The molecule has 16 aromatic heterocycles. The number of ether oxygens (including phenoxy) is 4. The van der Waals surface area contributed by atoms with Crippen molar-refractivity contribution in [1.82, 2.24) is 129 Å². The molecule has 0 bridgehead atoms. The Morgan fingerprint density at radius 1 is 0.425 bits per heavy atom. The first-order valence-electron chi connectivity index (χ1n) is 45.8. The van der Waals surface area contributed by atoms with Gasteiger partial charge in [0.2, 0.25) is 0 Å². The number of hydrogen-bond donors (Lipinski definition) is 3. The lowest BCUT2D eigenvalue weighted by Crippen LogP contribution is -2.26. The van der Waals surface area contributed by atoms with Crippen LogP contribution in [0.25, 0.3) is 55.8 Å². The van der Waals surface area contributed by atoms with E-state index in [9.17, 15) is 0 Å². The Morgan fingerprint density at radius 2 is 0.806 bits per heavy atom. The van der Waals surface area contributed by atoms with Gasteiger partial charge in [0.25, 0.3) is 0 Å². The lowest BCUT2D eigenvalue weighted by molar-refractivity contribution is -0.0372. The number of aromatic amines is 1. The number of anilines is 13. The van der Waals surface area contributed by atoms with Gasteiger partial charge in [0.15, 0.2) is 114 Å². The number of rotatable bonds is 15. The van der Waals surface area contributed by atoms with E-state index in [1.54, 1.807) is 48.1 Å². The van der Waals surface area contributed by atoms with E-state index in [2.05, 4.69) is 158 Å². The van der Waals surface area contributed by atoms with Crippen molar-refractivity contribution in [3.05, 3.63) is 188 Å². The zero-order chi connectivity index (χ0) is 91.1. The fraction of sp³-hybridized carbons (Fsp3) is 0.402. The maximum Gasteiger partial charge on any atom is 0.183 e. The van der Waals surface area contributed by atoms with E-state index in [-0.39, 0.29) is 24.9 Å². The number of halogens is 4. The fourth-order valence-corrected chi connectivity index (χ4v) is 19.7. The summed E-state index contributed by atoms with van der Waals surface area (Å²) in [6.45, 7) is 7.07. The highest BCUT2D eigenvalue weighted by Crippen LogP contribution is 2.44. The van der Waals surface area contributed by atoms with Crippen LogP contribution in [0.1, 0.15) is 156 Å². The molecule has 0 aromatic carbocycles. The van der Waals surface area contributed by atoms with Crippen LogP contribution in [0.3, 0.4) is 0 Å². The maximum atomic E-state index is 6.13. The highest BCUT2D eigenvalue weighted by molar-refractivity contribution is 14.1. The number of pyridine rings is 6. The maximum absolute atomic E-state index is 6.13. The predicted octanol–water partition coefficient (Wildman–Crippen LogP) is 16.9. The number of nitrogens with one attached hydrogen (secondary N) is 2. The molecular weight excluding hydrogens is 1920 g/mol. The Morgan fingerprint density at radius 3 is 1.26 bits per heavy atom. The third kappa shape index (κ3) is 18.7. The van der Waals surface area contributed by atoms with Crippen molar-refractivity contribution in [2.75, 3.05) is 115 Å². The largest absolute Gasteiger partial charge is 0.372 e. The molecule has 134 heavy (non-hydrogen) atoms. The Kier molecular flexibility index (Phi) is 27.4. The van der Waals surface area contributed by atoms with E-state index in [0.717, 1.165) is 321 Å². The standard InChI is InChI=1S/C24H25BrN8O.C21H23N9.C19H23N7O.C18H19ClN6O.C10H10ClIN4O/c1-31(22-16(25)7-4-12-27-22)19-15-28-21-23(29-19)33(20-10-2-3-14-34-20)30-24(21)32-13-6-8-17-18(32)9-5-11-26-17;1-29(20-14(8-9-22)5-2-11-24-20)17-13-25-18-19(26-17)27-28-21(18)30-12-4-6-15-16(30)7-3-10-23-15;1-20-15-12-22-17-18(23-15)26(16-8-2-3-11-27-16)24-19(17)25-10-5-6-13-14(25)7-4-9-21-13;19-14-11-21-16-17(22-14)25(15-7-1-2-10-26-15)23-18(16)24-9-4-5-12-13(24)6-3-8-20-12;11-6-5-13-8-9(12)15-16(10(8)14-6)7-3-1-2-4-17-7/h4-5,7,9,11-12,15,20H,2-3,6,8,10,13-14H2,1H3;2-3,5,7,10-11,13H,4,6,8-9,12,22H2,1H3,(H,26,27,28);4,7,9,12,16H,2-3,5-6,8,10-11H2,1H3,(H,20,23);3,6,8,11,15H,1-2,4-5,7,9-10H2;5,7H,1-4H2. The first-order chi connectivity index (χ1) is 65.9. The minimum atomic E-state index is -0.153. The van der Waals surface area contributed by atoms with Gasteiger partial charge in [-0.05, 0) is 252 Å². The minimum Gasteiger partial charge on any atom is -0.372 e. The van der Waals surface area contributed by atoms with Gasteiger partial charge in [0.1, 0.15) is 33.3 Å². The van der Waals surface area contributed by atoms with Gasteiger partial charge in [-0.3, -0.25) is 25.0 Å².